The Bertz CT molecular complexity index is 929. The molecule has 1 aliphatic rings. The highest BCUT2D eigenvalue weighted by Gasteiger charge is 2.61. The largest absolute Gasteiger partial charge is 0.478 e. The predicted octanol–water partition coefficient (Wildman–Crippen LogP) is 5.32. The molecule has 0 bridgehead atoms. The molecule has 1 aliphatic heterocycles. The van der Waals surface area contributed by atoms with Crippen LogP contribution in [-0.2, 0) is 4.79 Å². The minimum Gasteiger partial charge on any atom is -0.478 e. The average molecular weight is 374 g/mol. The van der Waals surface area contributed by atoms with Crippen LogP contribution in [0.4, 0.5) is 13.2 Å². The van der Waals surface area contributed by atoms with Gasteiger partial charge >= 0.3 is 12.1 Å². The Morgan fingerprint density at radius 3 is 2.37 bits per heavy atom. The Morgan fingerprint density at radius 2 is 1.81 bits per heavy atom. The van der Waals surface area contributed by atoms with E-state index in [0.717, 1.165) is 11.6 Å². The lowest BCUT2D eigenvalue weighted by molar-refractivity contribution is -0.236. The second-order valence-electron chi connectivity index (χ2n) is 6.24. The van der Waals surface area contributed by atoms with Gasteiger partial charge in [0.2, 0.25) is 5.60 Å². The van der Waals surface area contributed by atoms with E-state index in [9.17, 15) is 23.1 Å². The lowest BCUT2D eigenvalue weighted by Gasteiger charge is -2.38. The van der Waals surface area contributed by atoms with Crippen LogP contribution in [0.3, 0.4) is 0 Å². The van der Waals surface area contributed by atoms with E-state index < -0.39 is 29.7 Å². The van der Waals surface area contributed by atoms with Gasteiger partial charge in [0.05, 0.1) is 5.57 Å². The molecule has 6 heteroatoms. The van der Waals surface area contributed by atoms with Gasteiger partial charge in [0.15, 0.2) is 0 Å². The molecule has 27 heavy (non-hydrogen) atoms. The van der Waals surface area contributed by atoms with E-state index in [-0.39, 0.29) is 11.3 Å². The fourth-order valence-corrected chi connectivity index (χ4v) is 3.16. The van der Waals surface area contributed by atoms with E-state index in [1.54, 1.807) is 6.07 Å². The van der Waals surface area contributed by atoms with Crippen LogP contribution in [0.25, 0.3) is 11.6 Å². The van der Waals surface area contributed by atoms with E-state index >= 15 is 0 Å². The van der Waals surface area contributed by atoms with E-state index in [1.165, 1.54) is 19.1 Å². The smallest absolute Gasteiger partial charge is 0.432 e. The molecule has 3 nitrogen and oxygen atoms in total. The van der Waals surface area contributed by atoms with Crippen LogP contribution in [-0.4, -0.2) is 22.9 Å². The van der Waals surface area contributed by atoms with Crippen molar-refractivity contribution in [2.24, 2.45) is 0 Å². The molecule has 0 saturated heterocycles. The third kappa shape index (κ3) is 3.12. The first-order valence-electron chi connectivity index (χ1n) is 8.29. The number of halogens is 3. The standard InChI is InChI=1S/C21H17F3O3/c1-3-20(21(22,23)24)17(19(25)26)11-16-10-9-15(12-18(16)27-20)13(2)14-7-5-4-6-8-14/h4-12H,2-3H2,1H3,(H,25,26). The fraction of sp³-hybridized carbons (Fsp3) is 0.190. The SMILES string of the molecule is C=C(c1ccccc1)c1ccc2c(c1)OC(CC)(C(F)(F)F)C(C(=O)O)=C2. The highest BCUT2D eigenvalue weighted by Crippen LogP contribution is 2.47. The Balaban J connectivity index is 2.11. The zero-order chi connectivity index (χ0) is 19.8. The van der Waals surface area contributed by atoms with Crippen molar-refractivity contribution in [1.82, 2.24) is 0 Å². The highest BCUT2D eigenvalue weighted by atomic mass is 19.4. The molecule has 2 aromatic rings. The van der Waals surface area contributed by atoms with Crippen molar-refractivity contribution in [3.63, 3.8) is 0 Å². The number of benzene rings is 2. The minimum absolute atomic E-state index is 0.0197. The van der Waals surface area contributed by atoms with Gasteiger partial charge in [0.1, 0.15) is 5.75 Å². The zero-order valence-corrected chi connectivity index (χ0v) is 14.5. The molecular formula is C21H17F3O3. The summed E-state index contributed by atoms with van der Waals surface area (Å²) < 4.78 is 46.7. The van der Waals surface area contributed by atoms with E-state index in [1.807, 2.05) is 30.3 Å². The van der Waals surface area contributed by atoms with Gasteiger partial charge in [-0.25, -0.2) is 4.79 Å². The van der Waals surface area contributed by atoms with Gasteiger partial charge in [-0.15, -0.1) is 0 Å². The molecule has 2 aromatic carbocycles. The maximum atomic E-state index is 13.8. The third-order valence-electron chi connectivity index (χ3n) is 4.69. The van der Waals surface area contributed by atoms with Gasteiger partial charge in [0.25, 0.3) is 0 Å². The monoisotopic (exact) mass is 374 g/mol. The normalized spacial score (nSPS) is 18.9. The zero-order valence-electron chi connectivity index (χ0n) is 14.5. The molecule has 0 amide bonds. The van der Waals surface area contributed by atoms with E-state index in [4.69, 9.17) is 4.74 Å². The second kappa shape index (κ2) is 6.61. The second-order valence-corrected chi connectivity index (χ2v) is 6.24. The van der Waals surface area contributed by atoms with Gasteiger partial charge in [-0.05, 0) is 35.3 Å². The first-order chi connectivity index (χ1) is 12.7. The van der Waals surface area contributed by atoms with E-state index in [0.29, 0.717) is 11.1 Å². The molecule has 1 heterocycles. The molecule has 140 valence electrons. The predicted molar refractivity (Wildman–Crippen MR) is 96.3 cm³/mol. The van der Waals surface area contributed by atoms with Crippen LogP contribution in [0, 0.1) is 0 Å². The van der Waals surface area contributed by atoms with Crippen LogP contribution >= 0.6 is 0 Å². The molecule has 3 rings (SSSR count). The van der Waals surface area contributed by atoms with Crippen molar-refractivity contribution in [1.29, 1.82) is 0 Å². The Hall–Kier alpha value is -3.02. The summed E-state index contributed by atoms with van der Waals surface area (Å²) >= 11 is 0. The number of alkyl halides is 3. The Labute approximate surface area is 154 Å². The average Bonchev–Trinajstić information content (AvgIpc) is 2.65. The summed E-state index contributed by atoms with van der Waals surface area (Å²) in [6.45, 7) is 5.26. The maximum Gasteiger partial charge on any atom is 0.432 e. The van der Waals surface area contributed by atoms with Gasteiger partial charge in [-0.2, -0.15) is 13.2 Å². The van der Waals surface area contributed by atoms with Crippen LogP contribution < -0.4 is 4.74 Å². The van der Waals surface area contributed by atoms with Crippen molar-refractivity contribution in [3.05, 3.63) is 77.4 Å². The molecule has 1 unspecified atom stereocenters. The number of carboxylic acid groups (broad SMARTS) is 1. The summed E-state index contributed by atoms with van der Waals surface area (Å²) in [5.74, 6) is -1.67. The van der Waals surface area contributed by atoms with Crippen molar-refractivity contribution >= 4 is 17.6 Å². The summed E-state index contributed by atoms with van der Waals surface area (Å²) in [7, 11) is 0. The molecule has 0 spiro atoms. The molecule has 0 fully saturated rings. The van der Waals surface area contributed by atoms with Crippen molar-refractivity contribution < 1.29 is 27.8 Å². The quantitative estimate of drug-likeness (QED) is 0.788. The van der Waals surface area contributed by atoms with Gasteiger partial charge in [0, 0.05) is 5.56 Å². The van der Waals surface area contributed by atoms with Crippen molar-refractivity contribution in [2.75, 3.05) is 0 Å². The van der Waals surface area contributed by atoms with Gasteiger partial charge in [-0.3, -0.25) is 0 Å². The fourth-order valence-electron chi connectivity index (χ4n) is 3.16. The highest BCUT2D eigenvalue weighted by molar-refractivity contribution is 5.96. The lowest BCUT2D eigenvalue weighted by atomic mass is 9.85. The number of hydrogen-bond acceptors (Lipinski definition) is 2. The number of carbonyl (C=O) groups is 1. The van der Waals surface area contributed by atoms with Crippen LogP contribution in [0.5, 0.6) is 5.75 Å². The molecule has 0 aliphatic carbocycles. The molecule has 1 N–H and O–H groups in total. The molecule has 1 atom stereocenters. The number of carboxylic acids is 1. The molecule has 0 saturated carbocycles. The summed E-state index contributed by atoms with van der Waals surface area (Å²) in [5.41, 5.74) is -1.38. The lowest BCUT2D eigenvalue weighted by Crippen LogP contribution is -2.54. The minimum atomic E-state index is -4.88. The first-order valence-corrected chi connectivity index (χ1v) is 8.29. The summed E-state index contributed by atoms with van der Waals surface area (Å²) in [5, 5.41) is 9.32. The third-order valence-corrected chi connectivity index (χ3v) is 4.69. The molecule has 0 radical (unpaired) electrons. The number of aliphatic carboxylic acids is 1. The van der Waals surface area contributed by atoms with E-state index in [2.05, 4.69) is 6.58 Å². The Kier molecular flexibility index (Phi) is 4.59. The number of fused-ring (bicyclic) bond motifs is 1. The topological polar surface area (TPSA) is 46.5 Å². The summed E-state index contributed by atoms with van der Waals surface area (Å²) in [6, 6.07) is 13.9. The first kappa shape index (κ1) is 18.8. The number of rotatable bonds is 4. The van der Waals surface area contributed by atoms with Crippen molar-refractivity contribution in [2.45, 2.75) is 25.1 Å². The number of ether oxygens (including phenoxy) is 1. The van der Waals surface area contributed by atoms with Crippen LogP contribution in [0.15, 0.2) is 60.7 Å². The summed E-state index contributed by atoms with van der Waals surface area (Å²) in [4.78, 5) is 11.5. The van der Waals surface area contributed by atoms with Gasteiger partial charge < -0.3 is 9.84 Å². The summed E-state index contributed by atoms with van der Waals surface area (Å²) in [6.07, 6.45) is -4.40. The Morgan fingerprint density at radius 1 is 1.15 bits per heavy atom. The maximum absolute atomic E-state index is 13.8. The van der Waals surface area contributed by atoms with Crippen LogP contribution in [0.1, 0.15) is 30.0 Å². The van der Waals surface area contributed by atoms with Crippen LogP contribution in [0.2, 0.25) is 0 Å². The van der Waals surface area contributed by atoms with Gasteiger partial charge in [-0.1, -0.05) is 56.0 Å². The number of hydrogen-bond donors (Lipinski definition) is 1. The molecule has 0 aromatic heterocycles. The molecular weight excluding hydrogens is 357 g/mol. The van der Waals surface area contributed by atoms with Crippen molar-refractivity contribution in [3.8, 4) is 5.75 Å².